The zero-order chi connectivity index (χ0) is 24.2. The van der Waals surface area contributed by atoms with Gasteiger partial charge in [0.15, 0.2) is 0 Å². The van der Waals surface area contributed by atoms with Gasteiger partial charge in [0.2, 0.25) is 5.91 Å². The number of benzene rings is 3. The Bertz CT molecular complexity index is 1320. The van der Waals surface area contributed by atoms with Gasteiger partial charge >= 0.3 is 0 Å². The Balaban J connectivity index is 1.72. The van der Waals surface area contributed by atoms with Crippen molar-refractivity contribution >= 4 is 58.2 Å². The van der Waals surface area contributed by atoms with Gasteiger partial charge < -0.3 is 5.32 Å². The molecule has 1 N–H and O–H groups in total. The van der Waals surface area contributed by atoms with Crippen LogP contribution in [0.15, 0.2) is 83.4 Å². The molecule has 1 fully saturated rings. The summed E-state index contributed by atoms with van der Waals surface area (Å²) >= 11 is 13.2. The molecule has 34 heavy (non-hydrogen) atoms. The summed E-state index contributed by atoms with van der Waals surface area (Å²) in [7, 11) is 0. The quantitative estimate of drug-likeness (QED) is 0.321. The first kappa shape index (κ1) is 23.9. The van der Waals surface area contributed by atoms with Crippen LogP contribution in [0.3, 0.4) is 0 Å². The Kier molecular flexibility index (Phi) is 7.28. The van der Waals surface area contributed by atoms with Crippen LogP contribution in [0.25, 0.3) is 0 Å². The third kappa shape index (κ3) is 5.28. The molecule has 5 nitrogen and oxygen atoms in total. The Hall–Kier alpha value is -3.24. The number of carbonyl (C=O) groups is 2. The fourth-order valence-corrected chi connectivity index (χ4v) is 5.17. The number of aryl methyl sites for hydroxylation is 1. The maximum Gasteiger partial charge on any atom is 0.269 e. The molecule has 170 valence electrons. The van der Waals surface area contributed by atoms with Gasteiger partial charge in [0.05, 0.1) is 5.25 Å². The average Bonchev–Trinajstić information content (AvgIpc) is 3.12. The Morgan fingerprint density at radius 2 is 1.76 bits per heavy atom. The zero-order valence-electron chi connectivity index (χ0n) is 18.1. The van der Waals surface area contributed by atoms with Crippen LogP contribution in [-0.4, -0.2) is 17.1 Å². The minimum atomic E-state index is -0.597. The van der Waals surface area contributed by atoms with Crippen molar-refractivity contribution in [3.05, 3.63) is 105 Å². The predicted octanol–water partition coefficient (Wildman–Crippen LogP) is 6.37. The van der Waals surface area contributed by atoms with E-state index >= 15 is 0 Å². The molecule has 3 aromatic rings. The van der Waals surface area contributed by atoms with Crippen molar-refractivity contribution in [3.8, 4) is 6.07 Å². The van der Waals surface area contributed by atoms with Crippen LogP contribution in [0.2, 0.25) is 10.0 Å². The molecule has 0 saturated carbocycles. The normalized spacial score (nSPS) is 16.8. The molecular weight excluding hydrogens is 489 g/mol. The van der Waals surface area contributed by atoms with Gasteiger partial charge in [-0.05, 0) is 67.4 Å². The summed E-state index contributed by atoms with van der Waals surface area (Å²) in [6.45, 7) is 1.95. The van der Waals surface area contributed by atoms with Crippen LogP contribution in [-0.2, 0) is 16.0 Å². The largest absolute Gasteiger partial charge is 0.321 e. The fraction of sp³-hybridized carbons (Fsp3) is 0.115. The summed E-state index contributed by atoms with van der Waals surface area (Å²) in [6.07, 6.45) is 0.410. The molecular formula is C26H19Cl2N3O2S. The molecule has 0 bridgehead atoms. The van der Waals surface area contributed by atoms with Crippen molar-refractivity contribution in [2.75, 3.05) is 10.2 Å². The summed E-state index contributed by atoms with van der Waals surface area (Å²) < 4.78 is 0. The highest BCUT2D eigenvalue weighted by atomic mass is 35.5. The van der Waals surface area contributed by atoms with E-state index in [9.17, 15) is 14.9 Å². The van der Waals surface area contributed by atoms with E-state index in [-0.39, 0.29) is 11.5 Å². The standard InChI is InChI=1S/C26H19Cl2N3O2S/c1-16-5-11-21(12-6-16)31-25(33)23(14-17-3-2-4-19(28)13-17)34-26(31)22(15-29)24(32)30-20-9-7-18(27)8-10-20/h2-13,23H,14H2,1H3,(H,30,32)/b26-22+/t23-/m1/s1. The van der Waals surface area contributed by atoms with Gasteiger partial charge in [0, 0.05) is 21.4 Å². The number of rotatable bonds is 5. The zero-order valence-corrected chi connectivity index (χ0v) is 20.4. The molecule has 3 aromatic carbocycles. The smallest absolute Gasteiger partial charge is 0.269 e. The van der Waals surface area contributed by atoms with E-state index in [1.54, 1.807) is 30.3 Å². The monoisotopic (exact) mass is 507 g/mol. The molecule has 2 amide bonds. The highest BCUT2D eigenvalue weighted by Crippen LogP contribution is 2.42. The van der Waals surface area contributed by atoms with Crippen LogP contribution < -0.4 is 10.2 Å². The maximum atomic E-state index is 13.5. The molecule has 8 heteroatoms. The molecule has 0 aromatic heterocycles. The second-order valence-electron chi connectivity index (χ2n) is 7.70. The molecule has 0 spiro atoms. The number of carbonyl (C=O) groups excluding carboxylic acids is 2. The molecule has 0 unspecified atom stereocenters. The average molecular weight is 508 g/mol. The number of halogens is 2. The third-order valence-corrected chi connectivity index (χ3v) is 6.96. The summed E-state index contributed by atoms with van der Waals surface area (Å²) in [4.78, 5) is 28.0. The number of thioether (sulfide) groups is 1. The lowest BCUT2D eigenvalue weighted by Gasteiger charge is -2.19. The number of hydrogen-bond donors (Lipinski definition) is 1. The molecule has 1 aliphatic rings. The molecule has 0 aliphatic carbocycles. The summed E-state index contributed by atoms with van der Waals surface area (Å²) in [5, 5.41) is 13.5. The number of amides is 2. The van der Waals surface area contributed by atoms with Gasteiger partial charge in [-0.3, -0.25) is 14.5 Å². The van der Waals surface area contributed by atoms with Crippen LogP contribution >= 0.6 is 35.0 Å². The van der Waals surface area contributed by atoms with Crippen molar-refractivity contribution in [2.24, 2.45) is 0 Å². The van der Waals surface area contributed by atoms with Gasteiger partial charge in [0.1, 0.15) is 16.7 Å². The Morgan fingerprint density at radius 1 is 1.06 bits per heavy atom. The molecule has 4 rings (SSSR count). The van der Waals surface area contributed by atoms with Crippen molar-refractivity contribution in [2.45, 2.75) is 18.6 Å². The lowest BCUT2D eigenvalue weighted by atomic mass is 10.1. The second kappa shape index (κ2) is 10.4. The molecule has 1 atom stereocenters. The number of hydrogen-bond acceptors (Lipinski definition) is 4. The van der Waals surface area contributed by atoms with E-state index in [4.69, 9.17) is 23.2 Å². The van der Waals surface area contributed by atoms with Gasteiger partial charge in [-0.15, -0.1) is 0 Å². The first-order chi connectivity index (χ1) is 16.4. The van der Waals surface area contributed by atoms with Crippen LogP contribution in [0.1, 0.15) is 11.1 Å². The van der Waals surface area contributed by atoms with Gasteiger partial charge in [0.25, 0.3) is 5.91 Å². The van der Waals surface area contributed by atoms with Crippen molar-refractivity contribution in [1.82, 2.24) is 0 Å². The van der Waals surface area contributed by atoms with Crippen LogP contribution in [0.5, 0.6) is 0 Å². The second-order valence-corrected chi connectivity index (χ2v) is 9.77. The first-order valence-electron chi connectivity index (χ1n) is 10.4. The minimum Gasteiger partial charge on any atom is -0.321 e. The SMILES string of the molecule is Cc1ccc(N2C(=O)[C@@H](Cc3cccc(Cl)c3)S/C2=C(\C#N)C(=O)Nc2ccc(Cl)cc2)cc1. The fourth-order valence-electron chi connectivity index (χ4n) is 3.52. The van der Waals surface area contributed by atoms with Gasteiger partial charge in [-0.2, -0.15) is 5.26 Å². The lowest BCUT2D eigenvalue weighted by Crippen LogP contribution is -2.30. The van der Waals surface area contributed by atoms with E-state index in [1.807, 2.05) is 55.5 Å². The Morgan fingerprint density at radius 3 is 2.41 bits per heavy atom. The van der Waals surface area contributed by atoms with Gasteiger partial charge in [-0.1, -0.05) is 64.8 Å². The minimum absolute atomic E-state index is 0.137. The number of nitrogens with zero attached hydrogens (tertiary/aromatic N) is 2. The van der Waals surface area contributed by atoms with Crippen LogP contribution in [0, 0.1) is 18.3 Å². The molecule has 1 saturated heterocycles. The third-order valence-electron chi connectivity index (χ3n) is 5.21. The van der Waals surface area contributed by atoms with Gasteiger partial charge in [-0.25, -0.2) is 0 Å². The van der Waals surface area contributed by atoms with E-state index in [0.717, 1.165) is 11.1 Å². The molecule has 1 heterocycles. The van der Waals surface area contributed by atoms with E-state index in [2.05, 4.69) is 5.32 Å². The number of nitriles is 1. The van der Waals surface area contributed by atoms with E-state index in [0.29, 0.717) is 32.9 Å². The summed E-state index contributed by atoms with van der Waals surface area (Å²) in [5.41, 5.74) is 2.88. The first-order valence-corrected chi connectivity index (χ1v) is 12.0. The van der Waals surface area contributed by atoms with Crippen molar-refractivity contribution in [3.63, 3.8) is 0 Å². The number of nitrogens with one attached hydrogen (secondary N) is 1. The maximum absolute atomic E-state index is 13.5. The number of anilines is 2. The highest BCUT2D eigenvalue weighted by molar-refractivity contribution is 8.05. The van der Waals surface area contributed by atoms with Crippen molar-refractivity contribution in [1.29, 1.82) is 5.26 Å². The topological polar surface area (TPSA) is 73.2 Å². The Labute approximate surface area is 212 Å². The molecule has 0 radical (unpaired) electrons. The highest BCUT2D eigenvalue weighted by Gasteiger charge is 2.40. The van der Waals surface area contributed by atoms with E-state index in [1.165, 1.54) is 16.7 Å². The summed E-state index contributed by atoms with van der Waals surface area (Å²) in [6, 6.07) is 23.3. The summed E-state index contributed by atoms with van der Waals surface area (Å²) in [5.74, 6) is -0.795. The van der Waals surface area contributed by atoms with Crippen LogP contribution in [0.4, 0.5) is 11.4 Å². The lowest BCUT2D eigenvalue weighted by molar-refractivity contribution is -0.117. The van der Waals surface area contributed by atoms with Crippen molar-refractivity contribution < 1.29 is 9.59 Å². The molecule has 1 aliphatic heterocycles. The predicted molar refractivity (Wildman–Crippen MR) is 138 cm³/mol. The van der Waals surface area contributed by atoms with E-state index < -0.39 is 11.2 Å².